The maximum Gasteiger partial charge on any atom is 0.125 e. The zero-order chi connectivity index (χ0) is 11.2. The standard InChI is InChI=1S/C13H15N3/c1-2-7-15-13-4-3-12(10-16-13)11-5-8-14-9-6-11/h3-6,8-10H,2,7H2,1H3,(H,15,16). The normalized spacial score (nSPS) is 10.1. The van der Waals surface area contributed by atoms with Crippen LogP contribution in [0.3, 0.4) is 0 Å². The molecule has 82 valence electrons. The average Bonchev–Trinajstić information content (AvgIpc) is 2.38. The van der Waals surface area contributed by atoms with Crippen molar-refractivity contribution in [3.63, 3.8) is 0 Å². The molecule has 0 aliphatic heterocycles. The highest BCUT2D eigenvalue weighted by Gasteiger charge is 1.97. The fourth-order valence-electron chi connectivity index (χ4n) is 1.47. The van der Waals surface area contributed by atoms with Crippen LogP contribution in [0.5, 0.6) is 0 Å². The Morgan fingerprint density at radius 2 is 1.88 bits per heavy atom. The Balaban J connectivity index is 2.13. The summed E-state index contributed by atoms with van der Waals surface area (Å²) in [6, 6.07) is 8.04. The summed E-state index contributed by atoms with van der Waals surface area (Å²) in [5, 5.41) is 3.25. The molecule has 0 saturated carbocycles. The molecule has 3 heteroatoms. The van der Waals surface area contributed by atoms with Gasteiger partial charge in [-0.2, -0.15) is 0 Å². The molecule has 2 rings (SSSR count). The van der Waals surface area contributed by atoms with Crippen molar-refractivity contribution >= 4 is 5.82 Å². The minimum absolute atomic E-state index is 0.930. The lowest BCUT2D eigenvalue weighted by Gasteiger charge is -2.05. The summed E-state index contributed by atoms with van der Waals surface area (Å²) in [5.41, 5.74) is 2.26. The van der Waals surface area contributed by atoms with Gasteiger partial charge in [-0.3, -0.25) is 4.98 Å². The third kappa shape index (κ3) is 2.57. The van der Waals surface area contributed by atoms with E-state index in [4.69, 9.17) is 0 Å². The van der Waals surface area contributed by atoms with Gasteiger partial charge in [-0.05, 0) is 36.2 Å². The van der Waals surface area contributed by atoms with E-state index < -0.39 is 0 Å². The van der Waals surface area contributed by atoms with E-state index >= 15 is 0 Å². The Bertz CT molecular complexity index is 423. The Morgan fingerprint density at radius 1 is 1.06 bits per heavy atom. The van der Waals surface area contributed by atoms with Gasteiger partial charge in [-0.1, -0.05) is 6.92 Å². The SMILES string of the molecule is CCCNc1ccc(-c2ccncc2)cn1. The fourth-order valence-corrected chi connectivity index (χ4v) is 1.47. The molecule has 2 heterocycles. The van der Waals surface area contributed by atoms with Gasteiger partial charge in [-0.15, -0.1) is 0 Å². The van der Waals surface area contributed by atoms with Crippen LogP contribution >= 0.6 is 0 Å². The van der Waals surface area contributed by atoms with Gasteiger partial charge in [0.1, 0.15) is 5.82 Å². The molecule has 3 nitrogen and oxygen atoms in total. The lowest BCUT2D eigenvalue weighted by atomic mass is 10.1. The number of rotatable bonds is 4. The van der Waals surface area contributed by atoms with Crippen LogP contribution in [0.4, 0.5) is 5.82 Å². The molecule has 0 saturated heterocycles. The molecule has 0 atom stereocenters. The molecular formula is C13H15N3. The molecule has 0 amide bonds. The van der Waals surface area contributed by atoms with Crippen molar-refractivity contribution in [1.82, 2.24) is 9.97 Å². The first kappa shape index (κ1) is 10.6. The topological polar surface area (TPSA) is 37.8 Å². The maximum atomic E-state index is 4.36. The Kier molecular flexibility index (Phi) is 3.49. The largest absolute Gasteiger partial charge is 0.370 e. The maximum absolute atomic E-state index is 4.36. The molecular weight excluding hydrogens is 198 g/mol. The second kappa shape index (κ2) is 5.26. The highest BCUT2D eigenvalue weighted by molar-refractivity contribution is 5.62. The van der Waals surface area contributed by atoms with E-state index in [-0.39, 0.29) is 0 Å². The van der Waals surface area contributed by atoms with Crippen LogP contribution < -0.4 is 5.32 Å². The van der Waals surface area contributed by atoms with E-state index in [1.807, 2.05) is 24.4 Å². The second-order valence-corrected chi connectivity index (χ2v) is 3.59. The van der Waals surface area contributed by atoms with Crippen LogP contribution in [-0.4, -0.2) is 16.5 Å². The lowest BCUT2D eigenvalue weighted by molar-refractivity contribution is 0.969. The molecule has 0 fully saturated rings. The monoisotopic (exact) mass is 213 g/mol. The van der Waals surface area contributed by atoms with Gasteiger partial charge < -0.3 is 5.32 Å². The van der Waals surface area contributed by atoms with Crippen LogP contribution in [0, 0.1) is 0 Å². The van der Waals surface area contributed by atoms with Crippen LogP contribution in [0.25, 0.3) is 11.1 Å². The number of pyridine rings is 2. The second-order valence-electron chi connectivity index (χ2n) is 3.59. The van der Waals surface area contributed by atoms with Crippen LogP contribution in [0.2, 0.25) is 0 Å². The Hall–Kier alpha value is -1.90. The summed E-state index contributed by atoms with van der Waals surface area (Å²) in [4.78, 5) is 8.36. The molecule has 0 radical (unpaired) electrons. The predicted octanol–water partition coefficient (Wildman–Crippen LogP) is 2.97. The summed E-state index contributed by atoms with van der Waals surface area (Å²) in [6.45, 7) is 3.10. The highest BCUT2D eigenvalue weighted by atomic mass is 15.0. The van der Waals surface area contributed by atoms with Crippen LogP contribution in [0.1, 0.15) is 13.3 Å². The first-order chi connectivity index (χ1) is 7.90. The van der Waals surface area contributed by atoms with E-state index in [1.165, 1.54) is 0 Å². The number of hydrogen-bond donors (Lipinski definition) is 1. The van der Waals surface area contributed by atoms with E-state index in [2.05, 4.69) is 28.3 Å². The van der Waals surface area contributed by atoms with Crippen molar-refractivity contribution < 1.29 is 0 Å². The molecule has 16 heavy (non-hydrogen) atoms. The molecule has 0 aliphatic rings. The van der Waals surface area contributed by atoms with Gasteiger partial charge in [0.15, 0.2) is 0 Å². The summed E-state index contributed by atoms with van der Waals surface area (Å²) in [7, 11) is 0. The predicted molar refractivity (Wildman–Crippen MR) is 66.2 cm³/mol. The number of nitrogens with one attached hydrogen (secondary N) is 1. The van der Waals surface area contributed by atoms with E-state index in [1.54, 1.807) is 12.4 Å². The Labute approximate surface area is 95.6 Å². The third-order valence-corrected chi connectivity index (χ3v) is 2.33. The Morgan fingerprint density at radius 3 is 2.50 bits per heavy atom. The highest BCUT2D eigenvalue weighted by Crippen LogP contribution is 2.18. The van der Waals surface area contributed by atoms with Crippen molar-refractivity contribution in [3.8, 4) is 11.1 Å². The van der Waals surface area contributed by atoms with Gasteiger partial charge in [-0.25, -0.2) is 4.98 Å². The van der Waals surface area contributed by atoms with Crippen molar-refractivity contribution in [3.05, 3.63) is 42.9 Å². The van der Waals surface area contributed by atoms with Crippen molar-refractivity contribution in [2.24, 2.45) is 0 Å². The van der Waals surface area contributed by atoms with Gasteiger partial charge >= 0.3 is 0 Å². The van der Waals surface area contributed by atoms with Crippen molar-refractivity contribution in [2.45, 2.75) is 13.3 Å². The third-order valence-electron chi connectivity index (χ3n) is 2.33. The van der Waals surface area contributed by atoms with E-state index in [9.17, 15) is 0 Å². The van der Waals surface area contributed by atoms with Gasteiger partial charge in [0.25, 0.3) is 0 Å². The molecule has 0 unspecified atom stereocenters. The number of anilines is 1. The average molecular weight is 213 g/mol. The minimum atomic E-state index is 0.930. The minimum Gasteiger partial charge on any atom is -0.370 e. The molecule has 0 bridgehead atoms. The van der Waals surface area contributed by atoms with Crippen molar-refractivity contribution in [1.29, 1.82) is 0 Å². The molecule has 0 aliphatic carbocycles. The van der Waals surface area contributed by atoms with Gasteiger partial charge in [0.05, 0.1) is 0 Å². The summed E-state index contributed by atoms with van der Waals surface area (Å²) in [5.74, 6) is 0.930. The first-order valence-corrected chi connectivity index (χ1v) is 5.50. The molecule has 2 aromatic rings. The van der Waals surface area contributed by atoms with Crippen LogP contribution in [-0.2, 0) is 0 Å². The van der Waals surface area contributed by atoms with Gasteiger partial charge in [0.2, 0.25) is 0 Å². The summed E-state index contributed by atoms with van der Waals surface area (Å²) < 4.78 is 0. The van der Waals surface area contributed by atoms with Crippen LogP contribution in [0.15, 0.2) is 42.9 Å². The summed E-state index contributed by atoms with van der Waals surface area (Å²) in [6.07, 6.45) is 6.57. The molecule has 2 aromatic heterocycles. The van der Waals surface area contributed by atoms with E-state index in [0.29, 0.717) is 0 Å². The number of hydrogen-bond acceptors (Lipinski definition) is 3. The zero-order valence-electron chi connectivity index (χ0n) is 9.35. The molecule has 0 aromatic carbocycles. The zero-order valence-corrected chi connectivity index (χ0v) is 9.35. The smallest absolute Gasteiger partial charge is 0.125 e. The lowest BCUT2D eigenvalue weighted by Crippen LogP contribution is -2.01. The molecule has 1 N–H and O–H groups in total. The molecule has 0 spiro atoms. The fraction of sp³-hybridized carbons (Fsp3) is 0.231. The number of nitrogens with zero attached hydrogens (tertiary/aromatic N) is 2. The first-order valence-electron chi connectivity index (χ1n) is 5.50. The van der Waals surface area contributed by atoms with Gasteiger partial charge in [0, 0.05) is 30.7 Å². The van der Waals surface area contributed by atoms with E-state index in [0.717, 1.165) is 29.9 Å². The quantitative estimate of drug-likeness (QED) is 0.848. The summed E-state index contributed by atoms with van der Waals surface area (Å²) >= 11 is 0. The van der Waals surface area contributed by atoms with Crippen molar-refractivity contribution in [2.75, 3.05) is 11.9 Å². The number of aromatic nitrogens is 2.